The van der Waals surface area contributed by atoms with E-state index in [0.717, 1.165) is 5.56 Å². The lowest BCUT2D eigenvalue weighted by atomic mass is 10.1. The van der Waals surface area contributed by atoms with Crippen LogP contribution in [-0.4, -0.2) is 60.3 Å². The zero-order valence-corrected chi connectivity index (χ0v) is 18.9. The van der Waals surface area contributed by atoms with Crippen LogP contribution in [0.1, 0.15) is 25.6 Å². The SMILES string of the molecule is O=C(NCc1ccccc1)c1ccccc1OCC(=O)N1CCN(C(=O)c2cccs2)CC1. The van der Waals surface area contributed by atoms with Crippen molar-refractivity contribution < 1.29 is 19.1 Å². The van der Waals surface area contributed by atoms with Crippen LogP contribution in [0, 0.1) is 0 Å². The minimum atomic E-state index is -0.261. The predicted octanol–water partition coefficient (Wildman–Crippen LogP) is 3.04. The first-order valence-electron chi connectivity index (χ1n) is 10.8. The Balaban J connectivity index is 1.28. The summed E-state index contributed by atoms with van der Waals surface area (Å²) in [6, 6.07) is 20.2. The second kappa shape index (κ2) is 10.8. The quantitative estimate of drug-likeness (QED) is 0.584. The van der Waals surface area contributed by atoms with Gasteiger partial charge < -0.3 is 19.9 Å². The maximum atomic E-state index is 12.7. The van der Waals surface area contributed by atoms with Gasteiger partial charge in [0.25, 0.3) is 17.7 Å². The van der Waals surface area contributed by atoms with Gasteiger partial charge >= 0.3 is 0 Å². The first-order chi connectivity index (χ1) is 16.1. The van der Waals surface area contributed by atoms with E-state index in [2.05, 4.69) is 5.32 Å². The average molecular weight is 464 g/mol. The number of hydrogen-bond acceptors (Lipinski definition) is 5. The summed E-state index contributed by atoms with van der Waals surface area (Å²) >= 11 is 1.42. The van der Waals surface area contributed by atoms with Gasteiger partial charge in [-0.1, -0.05) is 48.5 Å². The van der Waals surface area contributed by atoms with Crippen molar-refractivity contribution in [2.75, 3.05) is 32.8 Å². The number of rotatable bonds is 7. The lowest BCUT2D eigenvalue weighted by Crippen LogP contribution is -2.51. The minimum Gasteiger partial charge on any atom is -0.483 e. The second-order valence-corrected chi connectivity index (χ2v) is 8.55. The molecule has 2 aromatic carbocycles. The van der Waals surface area contributed by atoms with Crippen LogP contribution >= 0.6 is 11.3 Å². The molecule has 3 aromatic rings. The molecular formula is C25H25N3O4S. The summed E-state index contributed by atoms with van der Waals surface area (Å²) in [5, 5.41) is 4.76. The third-order valence-electron chi connectivity index (χ3n) is 5.43. The Morgan fingerprint density at radius 3 is 2.27 bits per heavy atom. The molecule has 0 spiro atoms. The lowest BCUT2D eigenvalue weighted by molar-refractivity contribution is -0.134. The van der Waals surface area contributed by atoms with Crippen LogP contribution in [0.3, 0.4) is 0 Å². The molecule has 1 aliphatic rings. The summed E-state index contributed by atoms with van der Waals surface area (Å²) < 4.78 is 5.73. The molecule has 0 saturated carbocycles. The number of nitrogens with zero attached hydrogens (tertiary/aromatic N) is 2. The molecule has 1 saturated heterocycles. The van der Waals surface area contributed by atoms with Gasteiger partial charge in [0.1, 0.15) is 5.75 Å². The van der Waals surface area contributed by atoms with Gasteiger partial charge in [-0.05, 0) is 29.1 Å². The highest BCUT2D eigenvalue weighted by Gasteiger charge is 2.25. The van der Waals surface area contributed by atoms with E-state index in [1.54, 1.807) is 34.1 Å². The molecule has 0 aliphatic carbocycles. The van der Waals surface area contributed by atoms with Crippen molar-refractivity contribution in [1.82, 2.24) is 15.1 Å². The molecule has 1 N–H and O–H groups in total. The molecule has 4 rings (SSSR count). The fourth-order valence-electron chi connectivity index (χ4n) is 3.60. The second-order valence-electron chi connectivity index (χ2n) is 7.60. The van der Waals surface area contributed by atoms with E-state index in [-0.39, 0.29) is 24.3 Å². The molecule has 1 fully saturated rings. The summed E-state index contributed by atoms with van der Waals surface area (Å²) in [7, 11) is 0. The Morgan fingerprint density at radius 1 is 0.848 bits per heavy atom. The highest BCUT2D eigenvalue weighted by Crippen LogP contribution is 2.19. The normalized spacial score (nSPS) is 13.5. The molecule has 8 heteroatoms. The predicted molar refractivity (Wildman–Crippen MR) is 126 cm³/mol. The van der Waals surface area contributed by atoms with Crippen molar-refractivity contribution in [2.24, 2.45) is 0 Å². The van der Waals surface area contributed by atoms with Crippen LogP contribution in [0.5, 0.6) is 5.75 Å². The monoisotopic (exact) mass is 463 g/mol. The van der Waals surface area contributed by atoms with E-state index >= 15 is 0 Å². The molecule has 1 aliphatic heterocycles. The van der Waals surface area contributed by atoms with E-state index in [4.69, 9.17) is 4.74 Å². The van der Waals surface area contributed by atoms with Gasteiger partial charge in [-0.2, -0.15) is 0 Å². The van der Waals surface area contributed by atoms with Crippen molar-refractivity contribution in [3.8, 4) is 5.75 Å². The van der Waals surface area contributed by atoms with E-state index < -0.39 is 0 Å². The zero-order chi connectivity index (χ0) is 23.0. The Labute approximate surface area is 196 Å². The number of para-hydroxylation sites is 1. The molecule has 2 heterocycles. The topological polar surface area (TPSA) is 79.0 Å². The summed E-state index contributed by atoms with van der Waals surface area (Å²) in [6.45, 7) is 2.13. The van der Waals surface area contributed by atoms with Crippen LogP contribution in [0.15, 0.2) is 72.1 Å². The Kier molecular flexibility index (Phi) is 7.36. The van der Waals surface area contributed by atoms with Gasteiger partial charge in [0.2, 0.25) is 0 Å². The molecule has 7 nitrogen and oxygen atoms in total. The third-order valence-corrected chi connectivity index (χ3v) is 6.29. The van der Waals surface area contributed by atoms with E-state index in [0.29, 0.717) is 48.9 Å². The molecule has 170 valence electrons. The highest BCUT2D eigenvalue weighted by molar-refractivity contribution is 7.12. The number of ether oxygens (including phenoxy) is 1. The molecule has 0 unspecified atom stereocenters. The number of hydrogen-bond donors (Lipinski definition) is 1. The van der Waals surface area contributed by atoms with Gasteiger partial charge in [-0.15, -0.1) is 11.3 Å². The van der Waals surface area contributed by atoms with Crippen molar-refractivity contribution in [3.05, 3.63) is 88.1 Å². The third kappa shape index (κ3) is 5.78. The molecule has 0 radical (unpaired) electrons. The van der Waals surface area contributed by atoms with Crippen molar-refractivity contribution in [1.29, 1.82) is 0 Å². The number of thiophene rings is 1. The smallest absolute Gasteiger partial charge is 0.264 e. The Morgan fingerprint density at radius 2 is 1.55 bits per heavy atom. The number of benzene rings is 2. The molecule has 3 amide bonds. The molecule has 1 aromatic heterocycles. The van der Waals surface area contributed by atoms with Crippen LogP contribution in [0.25, 0.3) is 0 Å². The Bertz CT molecular complexity index is 1090. The lowest BCUT2D eigenvalue weighted by Gasteiger charge is -2.34. The summed E-state index contributed by atoms with van der Waals surface area (Å²) in [6.07, 6.45) is 0. The van der Waals surface area contributed by atoms with Gasteiger partial charge in [-0.25, -0.2) is 0 Å². The number of piperazine rings is 1. The first kappa shape index (κ1) is 22.5. The van der Waals surface area contributed by atoms with Crippen LogP contribution < -0.4 is 10.1 Å². The van der Waals surface area contributed by atoms with Gasteiger partial charge in [0.15, 0.2) is 6.61 Å². The zero-order valence-electron chi connectivity index (χ0n) is 18.1. The number of amides is 3. The molecule has 33 heavy (non-hydrogen) atoms. The number of nitrogens with one attached hydrogen (secondary N) is 1. The van der Waals surface area contributed by atoms with Gasteiger partial charge in [-0.3, -0.25) is 14.4 Å². The van der Waals surface area contributed by atoms with Gasteiger partial charge in [0.05, 0.1) is 10.4 Å². The first-order valence-corrected chi connectivity index (χ1v) is 11.6. The standard InChI is InChI=1S/C25H25N3O4S/c29-23(27-12-14-28(15-13-27)25(31)22-11-6-16-33-22)18-32-21-10-5-4-9-20(21)24(30)26-17-19-7-2-1-3-8-19/h1-11,16H,12-15,17-18H2,(H,26,30). The molecule has 0 atom stereocenters. The fourth-order valence-corrected chi connectivity index (χ4v) is 4.29. The average Bonchev–Trinajstić information content (AvgIpc) is 3.41. The van der Waals surface area contributed by atoms with E-state index in [1.807, 2.05) is 47.8 Å². The Hall–Kier alpha value is -3.65. The molecular weight excluding hydrogens is 438 g/mol. The summed E-state index contributed by atoms with van der Waals surface area (Å²) in [4.78, 5) is 42.0. The fraction of sp³-hybridized carbons (Fsp3) is 0.240. The maximum Gasteiger partial charge on any atom is 0.264 e. The van der Waals surface area contributed by atoms with Crippen molar-refractivity contribution >= 4 is 29.1 Å². The summed E-state index contributed by atoms with van der Waals surface area (Å²) in [5.74, 6) is -0.0629. The van der Waals surface area contributed by atoms with Crippen LogP contribution in [0.4, 0.5) is 0 Å². The maximum absolute atomic E-state index is 12.7. The molecule has 0 bridgehead atoms. The minimum absolute atomic E-state index is 0.00351. The summed E-state index contributed by atoms with van der Waals surface area (Å²) in [5.41, 5.74) is 1.38. The van der Waals surface area contributed by atoms with E-state index in [9.17, 15) is 14.4 Å². The van der Waals surface area contributed by atoms with Crippen LogP contribution in [0.2, 0.25) is 0 Å². The number of carbonyl (C=O) groups is 3. The van der Waals surface area contributed by atoms with E-state index in [1.165, 1.54) is 11.3 Å². The highest BCUT2D eigenvalue weighted by atomic mass is 32.1. The largest absolute Gasteiger partial charge is 0.483 e. The van der Waals surface area contributed by atoms with Crippen LogP contribution in [-0.2, 0) is 11.3 Å². The van der Waals surface area contributed by atoms with Gasteiger partial charge in [0, 0.05) is 32.7 Å². The number of carbonyl (C=O) groups excluding carboxylic acids is 3. The van der Waals surface area contributed by atoms with Crippen molar-refractivity contribution in [2.45, 2.75) is 6.54 Å². The van der Waals surface area contributed by atoms with Crippen molar-refractivity contribution in [3.63, 3.8) is 0 Å².